The molecule has 1 aliphatic rings. The van der Waals surface area contributed by atoms with Crippen LogP contribution in [-0.4, -0.2) is 17.3 Å². The lowest BCUT2D eigenvalue weighted by Crippen LogP contribution is -2.54. The molecule has 0 heterocycles. The summed E-state index contributed by atoms with van der Waals surface area (Å²) in [5.74, 6) is 0. The van der Waals surface area contributed by atoms with Crippen molar-refractivity contribution in [3.05, 3.63) is 35.9 Å². The number of aliphatic hydroxyl groups excluding tert-OH is 1. The Morgan fingerprint density at radius 3 is 2.53 bits per heavy atom. The maximum atomic E-state index is 9.56. The van der Waals surface area contributed by atoms with E-state index < -0.39 is 0 Å². The molecule has 1 aromatic rings. The van der Waals surface area contributed by atoms with E-state index in [-0.39, 0.29) is 17.6 Å². The molecule has 0 aromatic heterocycles. The molecule has 2 atom stereocenters. The van der Waals surface area contributed by atoms with Crippen molar-refractivity contribution in [2.75, 3.05) is 0 Å². The van der Waals surface area contributed by atoms with Crippen LogP contribution in [0.15, 0.2) is 30.3 Å². The molecule has 0 spiro atoms. The topological polar surface area (TPSA) is 29.5 Å². The Morgan fingerprint density at radius 2 is 2.00 bits per heavy atom. The highest BCUT2D eigenvalue weighted by molar-refractivity contribution is 5.13. The minimum Gasteiger partial charge on any atom is -0.392 e. The molecule has 0 aliphatic heterocycles. The maximum Gasteiger partial charge on any atom is 0.0720 e. The second-order valence-electron chi connectivity index (χ2n) is 4.86. The molecule has 2 nitrogen and oxygen atoms in total. The van der Waals surface area contributed by atoms with Crippen molar-refractivity contribution in [3.8, 4) is 0 Å². The van der Waals surface area contributed by atoms with Gasteiger partial charge in [-0.15, -0.1) is 0 Å². The van der Waals surface area contributed by atoms with Gasteiger partial charge < -0.3 is 9.84 Å². The van der Waals surface area contributed by atoms with Crippen molar-refractivity contribution >= 4 is 0 Å². The van der Waals surface area contributed by atoms with Crippen molar-refractivity contribution in [2.45, 2.75) is 39.1 Å². The van der Waals surface area contributed by atoms with Crippen LogP contribution in [0.5, 0.6) is 0 Å². The van der Waals surface area contributed by atoms with E-state index in [1.807, 2.05) is 18.2 Å². The van der Waals surface area contributed by atoms with Crippen LogP contribution in [-0.2, 0) is 11.3 Å². The SMILES string of the molecule is CC1(C)[C@@H](O)C[C@H]1OCc1ccccc1. The summed E-state index contributed by atoms with van der Waals surface area (Å²) in [4.78, 5) is 0. The zero-order valence-corrected chi connectivity index (χ0v) is 9.31. The van der Waals surface area contributed by atoms with E-state index in [4.69, 9.17) is 4.74 Å². The Morgan fingerprint density at radius 1 is 1.33 bits per heavy atom. The molecular weight excluding hydrogens is 188 g/mol. The van der Waals surface area contributed by atoms with Crippen molar-refractivity contribution in [3.63, 3.8) is 0 Å². The first-order valence-electron chi connectivity index (χ1n) is 5.44. The zero-order valence-electron chi connectivity index (χ0n) is 9.31. The molecule has 0 radical (unpaired) electrons. The Labute approximate surface area is 90.9 Å². The van der Waals surface area contributed by atoms with Gasteiger partial charge in [-0.3, -0.25) is 0 Å². The first kappa shape index (κ1) is 10.7. The first-order valence-corrected chi connectivity index (χ1v) is 5.44. The summed E-state index contributed by atoms with van der Waals surface area (Å²) in [6.45, 7) is 4.75. The molecular formula is C13H18O2. The fourth-order valence-corrected chi connectivity index (χ4v) is 1.92. The van der Waals surface area contributed by atoms with Crippen LogP contribution in [0.3, 0.4) is 0 Å². The quantitative estimate of drug-likeness (QED) is 0.822. The third-order valence-corrected chi connectivity index (χ3v) is 3.42. The van der Waals surface area contributed by atoms with Gasteiger partial charge in [0.1, 0.15) is 0 Å². The fourth-order valence-electron chi connectivity index (χ4n) is 1.92. The van der Waals surface area contributed by atoms with Crippen LogP contribution in [0.4, 0.5) is 0 Å². The van der Waals surface area contributed by atoms with Crippen molar-refractivity contribution in [1.82, 2.24) is 0 Å². The Hall–Kier alpha value is -0.860. The molecule has 0 amide bonds. The highest BCUT2D eigenvalue weighted by Gasteiger charge is 2.48. The van der Waals surface area contributed by atoms with E-state index in [0.717, 1.165) is 6.42 Å². The van der Waals surface area contributed by atoms with Gasteiger partial charge in [0.15, 0.2) is 0 Å². The highest BCUT2D eigenvalue weighted by atomic mass is 16.5. The molecule has 1 N–H and O–H groups in total. The summed E-state index contributed by atoms with van der Waals surface area (Å²) in [6.07, 6.45) is 0.741. The van der Waals surface area contributed by atoms with Crippen LogP contribution in [0.2, 0.25) is 0 Å². The van der Waals surface area contributed by atoms with E-state index in [1.165, 1.54) is 5.56 Å². The second-order valence-corrected chi connectivity index (χ2v) is 4.86. The number of ether oxygens (including phenoxy) is 1. The van der Waals surface area contributed by atoms with Crippen LogP contribution >= 0.6 is 0 Å². The van der Waals surface area contributed by atoms with Gasteiger partial charge in [-0.05, 0) is 5.56 Å². The summed E-state index contributed by atoms with van der Waals surface area (Å²) < 4.78 is 5.79. The summed E-state index contributed by atoms with van der Waals surface area (Å²) in [7, 11) is 0. The van der Waals surface area contributed by atoms with Crippen LogP contribution in [0.25, 0.3) is 0 Å². The zero-order chi connectivity index (χ0) is 10.9. The molecule has 0 bridgehead atoms. The van der Waals surface area contributed by atoms with Crippen molar-refractivity contribution in [2.24, 2.45) is 5.41 Å². The summed E-state index contributed by atoms with van der Waals surface area (Å²) >= 11 is 0. The molecule has 2 rings (SSSR count). The average Bonchev–Trinajstić information content (AvgIpc) is 2.25. The average molecular weight is 206 g/mol. The molecule has 0 unspecified atom stereocenters. The lowest BCUT2D eigenvalue weighted by Gasteiger charge is -2.48. The fraction of sp³-hybridized carbons (Fsp3) is 0.538. The van der Waals surface area contributed by atoms with Gasteiger partial charge in [0, 0.05) is 11.8 Å². The van der Waals surface area contributed by atoms with Gasteiger partial charge in [-0.2, -0.15) is 0 Å². The number of aliphatic hydroxyl groups is 1. The Balaban J connectivity index is 1.85. The lowest BCUT2D eigenvalue weighted by molar-refractivity contribution is -0.179. The Kier molecular flexibility index (Phi) is 2.81. The predicted octanol–water partition coefficient (Wildman–Crippen LogP) is 2.36. The molecule has 82 valence electrons. The molecule has 1 saturated carbocycles. The maximum absolute atomic E-state index is 9.56. The van der Waals surface area contributed by atoms with Crippen LogP contribution in [0.1, 0.15) is 25.8 Å². The molecule has 1 aliphatic carbocycles. The van der Waals surface area contributed by atoms with Gasteiger partial charge in [-0.1, -0.05) is 44.2 Å². The number of benzene rings is 1. The highest BCUT2D eigenvalue weighted by Crippen LogP contribution is 2.42. The van der Waals surface area contributed by atoms with E-state index in [0.29, 0.717) is 6.61 Å². The van der Waals surface area contributed by atoms with Gasteiger partial charge in [0.05, 0.1) is 18.8 Å². The second kappa shape index (κ2) is 3.95. The van der Waals surface area contributed by atoms with Gasteiger partial charge in [-0.25, -0.2) is 0 Å². The molecule has 15 heavy (non-hydrogen) atoms. The van der Waals surface area contributed by atoms with Gasteiger partial charge in [0.2, 0.25) is 0 Å². The summed E-state index contributed by atoms with van der Waals surface area (Å²) in [6, 6.07) is 10.1. The largest absolute Gasteiger partial charge is 0.392 e. The normalized spacial score (nSPS) is 28.5. The molecule has 0 saturated heterocycles. The monoisotopic (exact) mass is 206 g/mol. The van der Waals surface area contributed by atoms with E-state index in [2.05, 4.69) is 26.0 Å². The molecule has 1 aromatic carbocycles. The van der Waals surface area contributed by atoms with Crippen molar-refractivity contribution in [1.29, 1.82) is 0 Å². The van der Waals surface area contributed by atoms with Crippen LogP contribution in [0, 0.1) is 5.41 Å². The smallest absolute Gasteiger partial charge is 0.0720 e. The van der Waals surface area contributed by atoms with Gasteiger partial charge >= 0.3 is 0 Å². The summed E-state index contributed by atoms with van der Waals surface area (Å²) in [5, 5.41) is 9.56. The van der Waals surface area contributed by atoms with E-state index in [1.54, 1.807) is 0 Å². The van der Waals surface area contributed by atoms with Crippen LogP contribution < -0.4 is 0 Å². The number of rotatable bonds is 3. The molecule has 2 heteroatoms. The van der Waals surface area contributed by atoms with Crippen molar-refractivity contribution < 1.29 is 9.84 Å². The third-order valence-electron chi connectivity index (χ3n) is 3.42. The van der Waals surface area contributed by atoms with E-state index >= 15 is 0 Å². The number of hydrogen-bond donors (Lipinski definition) is 1. The standard InChI is InChI=1S/C13H18O2/c1-13(2)11(14)8-12(13)15-9-10-6-4-3-5-7-10/h3-7,11-12,14H,8-9H2,1-2H3/t11-,12+/m0/s1. The molecule has 1 fully saturated rings. The minimum absolute atomic E-state index is 0.0885. The van der Waals surface area contributed by atoms with E-state index in [9.17, 15) is 5.11 Å². The predicted molar refractivity (Wildman–Crippen MR) is 59.4 cm³/mol. The number of hydrogen-bond acceptors (Lipinski definition) is 2. The third kappa shape index (κ3) is 2.06. The summed E-state index contributed by atoms with van der Waals surface area (Å²) in [5.41, 5.74) is 1.10. The first-order chi connectivity index (χ1) is 7.10. The minimum atomic E-state index is -0.210. The van der Waals surface area contributed by atoms with Gasteiger partial charge in [0.25, 0.3) is 0 Å². The lowest BCUT2D eigenvalue weighted by atomic mass is 9.66. The Bertz CT molecular complexity index is 319.